The van der Waals surface area contributed by atoms with E-state index in [-0.39, 0.29) is 0 Å². The van der Waals surface area contributed by atoms with Gasteiger partial charge in [0, 0.05) is 6.04 Å². The van der Waals surface area contributed by atoms with Crippen molar-refractivity contribution < 1.29 is 0 Å². The SMILES string of the molecule is [S-]CN(C[S-])C1CCCC1. The Morgan fingerprint density at radius 1 is 1.10 bits per heavy atom. The molecule has 0 atom stereocenters. The molecule has 1 fully saturated rings. The van der Waals surface area contributed by atoms with E-state index in [0.717, 1.165) is 6.04 Å². The van der Waals surface area contributed by atoms with Crippen LogP contribution >= 0.6 is 0 Å². The van der Waals surface area contributed by atoms with Crippen molar-refractivity contribution in [3.63, 3.8) is 0 Å². The molecule has 0 spiro atoms. The van der Waals surface area contributed by atoms with Crippen LogP contribution in [0.5, 0.6) is 0 Å². The first kappa shape index (κ1) is 8.75. The van der Waals surface area contributed by atoms with Gasteiger partial charge in [-0.25, -0.2) is 0 Å². The minimum atomic E-state index is 0.716. The lowest BCUT2D eigenvalue weighted by Crippen LogP contribution is -2.33. The van der Waals surface area contributed by atoms with Crippen LogP contribution in [0.15, 0.2) is 0 Å². The van der Waals surface area contributed by atoms with E-state index in [1.165, 1.54) is 25.7 Å². The van der Waals surface area contributed by atoms with Crippen molar-refractivity contribution in [3.05, 3.63) is 0 Å². The molecule has 1 aliphatic rings. The molecule has 0 radical (unpaired) electrons. The summed E-state index contributed by atoms with van der Waals surface area (Å²) in [6, 6.07) is 0.718. The van der Waals surface area contributed by atoms with Gasteiger partial charge in [-0.05, 0) is 12.8 Å². The summed E-state index contributed by atoms with van der Waals surface area (Å²) in [6.45, 7) is 0. The molecule has 10 heavy (non-hydrogen) atoms. The molecule has 0 amide bonds. The fraction of sp³-hybridized carbons (Fsp3) is 1.00. The highest BCUT2D eigenvalue weighted by Gasteiger charge is 2.16. The summed E-state index contributed by atoms with van der Waals surface area (Å²) in [5.74, 6) is 1.43. The first-order valence-electron chi connectivity index (χ1n) is 3.78. The van der Waals surface area contributed by atoms with Gasteiger partial charge in [-0.3, -0.25) is 0 Å². The summed E-state index contributed by atoms with van der Waals surface area (Å²) in [4.78, 5) is 2.22. The largest absolute Gasteiger partial charge is 0.777 e. The second-order valence-electron chi connectivity index (χ2n) is 2.79. The third-order valence-corrected chi connectivity index (χ3v) is 2.84. The average Bonchev–Trinajstić information content (AvgIpc) is 2.43. The van der Waals surface area contributed by atoms with E-state index >= 15 is 0 Å². The van der Waals surface area contributed by atoms with Gasteiger partial charge in [0.2, 0.25) is 0 Å². The molecule has 0 saturated heterocycles. The van der Waals surface area contributed by atoms with Crippen LogP contribution in [0.4, 0.5) is 0 Å². The van der Waals surface area contributed by atoms with Gasteiger partial charge in [-0.1, -0.05) is 12.8 Å². The van der Waals surface area contributed by atoms with Crippen LogP contribution in [0.3, 0.4) is 0 Å². The number of hydrogen-bond acceptors (Lipinski definition) is 3. The van der Waals surface area contributed by atoms with E-state index in [1.54, 1.807) is 0 Å². The molecule has 0 heterocycles. The first-order chi connectivity index (χ1) is 4.88. The van der Waals surface area contributed by atoms with Crippen LogP contribution in [-0.4, -0.2) is 22.7 Å². The Kier molecular flexibility index (Phi) is 3.96. The maximum Gasteiger partial charge on any atom is 0.00532 e. The standard InChI is InChI=1S/C7H15NS2/c9-5-8(6-10)7-3-1-2-4-7/h7,9-10H,1-6H2/p-2. The number of rotatable bonds is 3. The van der Waals surface area contributed by atoms with E-state index < -0.39 is 0 Å². The van der Waals surface area contributed by atoms with E-state index in [4.69, 9.17) is 25.3 Å². The van der Waals surface area contributed by atoms with Crippen LogP contribution < -0.4 is 0 Å². The summed E-state index contributed by atoms with van der Waals surface area (Å²) < 4.78 is 0. The third kappa shape index (κ3) is 2.07. The Hall–Kier alpha value is 0.660. The van der Waals surface area contributed by atoms with Crippen LogP contribution in [0.25, 0.3) is 0 Å². The van der Waals surface area contributed by atoms with Gasteiger partial charge in [0.05, 0.1) is 0 Å². The molecule has 1 rings (SSSR count). The van der Waals surface area contributed by atoms with Crippen molar-refractivity contribution in [1.82, 2.24) is 4.90 Å². The van der Waals surface area contributed by atoms with Gasteiger partial charge >= 0.3 is 0 Å². The Bertz CT molecular complexity index is 87.6. The van der Waals surface area contributed by atoms with Crippen molar-refractivity contribution in [2.75, 3.05) is 11.8 Å². The molecular weight excluding hydrogens is 162 g/mol. The smallest absolute Gasteiger partial charge is 0.00532 e. The van der Waals surface area contributed by atoms with Gasteiger partial charge in [-0.15, -0.1) is 11.8 Å². The van der Waals surface area contributed by atoms with Crippen LogP contribution in [0.2, 0.25) is 0 Å². The minimum Gasteiger partial charge on any atom is -0.777 e. The molecule has 0 unspecified atom stereocenters. The Morgan fingerprint density at radius 3 is 2.00 bits per heavy atom. The fourth-order valence-electron chi connectivity index (χ4n) is 1.52. The van der Waals surface area contributed by atoms with Crippen molar-refractivity contribution in [2.24, 2.45) is 0 Å². The van der Waals surface area contributed by atoms with Crippen molar-refractivity contribution in [2.45, 2.75) is 31.7 Å². The molecule has 1 nitrogen and oxygen atoms in total. The van der Waals surface area contributed by atoms with Gasteiger partial charge in [-0.2, -0.15) is 0 Å². The zero-order valence-corrected chi connectivity index (χ0v) is 7.72. The lowest BCUT2D eigenvalue weighted by Gasteiger charge is -2.35. The molecule has 0 aromatic heterocycles. The highest BCUT2D eigenvalue weighted by molar-refractivity contribution is 7.59. The van der Waals surface area contributed by atoms with E-state index in [1.807, 2.05) is 0 Å². The van der Waals surface area contributed by atoms with Crippen molar-refractivity contribution in [1.29, 1.82) is 0 Å². The third-order valence-electron chi connectivity index (χ3n) is 2.17. The maximum absolute atomic E-state index is 4.97. The van der Waals surface area contributed by atoms with E-state index in [2.05, 4.69) is 4.90 Å². The predicted molar refractivity (Wildman–Crippen MR) is 48.6 cm³/mol. The highest BCUT2D eigenvalue weighted by atomic mass is 32.1. The number of hydrogen-bond donors (Lipinski definition) is 0. The molecule has 0 aliphatic heterocycles. The van der Waals surface area contributed by atoms with Crippen molar-refractivity contribution in [3.8, 4) is 0 Å². The Labute approximate surface area is 74.0 Å². The monoisotopic (exact) mass is 175 g/mol. The molecular formula is C7H13NS2-2. The molecule has 60 valence electrons. The molecule has 1 saturated carbocycles. The predicted octanol–water partition coefficient (Wildman–Crippen LogP) is 1.24. The molecule has 1 aliphatic carbocycles. The Morgan fingerprint density at radius 2 is 1.60 bits per heavy atom. The zero-order valence-electron chi connectivity index (χ0n) is 6.08. The summed E-state index contributed by atoms with van der Waals surface area (Å²) in [5.41, 5.74) is 0. The van der Waals surface area contributed by atoms with Gasteiger partial charge < -0.3 is 30.2 Å². The quantitative estimate of drug-likeness (QED) is 0.594. The molecule has 0 aromatic carbocycles. The molecule has 0 aromatic rings. The molecule has 0 bridgehead atoms. The van der Waals surface area contributed by atoms with E-state index in [9.17, 15) is 0 Å². The Balaban J connectivity index is 2.29. The lowest BCUT2D eigenvalue weighted by atomic mass is 10.2. The topological polar surface area (TPSA) is 3.24 Å². The van der Waals surface area contributed by atoms with Gasteiger partial charge in [0.15, 0.2) is 0 Å². The maximum atomic E-state index is 4.97. The second-order valence-corrected chi connectivity index (χ2v) is 3.30. The molecule has 0 N–H and O–H groups in total. The summed E-state index contributed by atoms with van der Waals surface area (Å²) >= 11 is 9.94. The van der Waals surface area contributed by atoms with Crippen LogP contribution in [0.1, 0.15) is 25.7 Å². The van der Waals surface area contributed by atoms with Crippen LogP contribution in [0, 0.1) is 0 Å². The highest BCUT2D eigenvalue weighted by Crippen LogP contribution is 2.22. The normalized spacial score (nSPS) is 20.7. The van der Waals surface area contributed by atoms with Gasteiger partial charge in [0.1, 0.15) is 0 Å². The minimum absolute atomic E-state index is 0.716. The van der Waals surface area contributed by atoms with E-state index in [0.29, 0.717) is 11.8 Å². The number of nitrogens with zero attached hydrogens (tertiary/aromatic N) is 1. The summed E-state index contributed by atoms with van der Waals surface area (Å²) in [6.07, 6.45) is 5.36. The fourth-order valence-corrected chi connectivity index (χ4v) is 2.24. The second kappa shape index (κ2) is 4.52. The summed E-state index contributed by atoms with van der Waals surface area (Å²) in [5, 5.41) is 0. The molecule has 3 heteroatoms. The summed E-state index contributed by atoms with van der Waals surface area (Å²) in [7, 11) is 0. The zero-order chi connectivity index (χ0) is 7.40. The van der Waals surface area contributed by atoms with Crippen LogP contribution in [-0.2, 0) is 25.3 Å². The van der Waals surface area contributed by atoms with Crippen molar-refractivity contribution >= 4 is 25.3 Å². The average molecular weight is 175 g/mol. The first-order valence-corrected chi connectivity index (χ1v) is 4.94. The van der Waals surface area contributed by atoms with Gasteiger partial charge in [0.25, 0.3) is 0 Å². The lowest BCUT2D eigenvalue weighted by molar-refractivity contribution is 0.276.